The lowest BCUT2D eigenvalue weighted by atomic mass is 9.81. The maximum Gasteiger partial charge on any atom is 0.313 e. The first-order chi connectivity index (χ1) is 18.0. The Morgan fingerprint density at radius 3 is 2.58 bits per heavy atom. The summed E-state index contributed by atoms with van der Waals surface area (Å²) in [5.74, 6) is -2.36. The number of halogens is 1. The Morgan fingerprint density at radius 2 is 1.87 bits per heavy atom. The van der Waals surface area contributed by atoms with Crippen LogP contribution in [-0.2, 0) is 19.2 Å². The van der Waals surface area contributed by atoms with Crippen LogP contribution >= 0.6 is 23.4 Å². The number of benzene rings is 1. The number of nitrogen functional groups attached to an aromatic ring is 1. The predicted octanol–water partition coefficient (Wildman–Crippen LogP) is 0.937. The average molecular weight is 564 g/mol. The Labute approximate surface area is 231 Å². The van der Waals surface area contributed by atoms with E-state index in [4.69, 9.17) is 17.3 Å². The highest BCUT2D eigenvalue weighted by Gasteiger charge is 2.40. The molecule has 0 aromatic heterocycles. The van der Waals surface area contributed by atoms with E-state index in [0.717, 1.165) is 19.5 Å². The molecular formula is C25H34ClN7O4S. The molecule has 13 heteroatoms. The van der Waals surface area contributed by atoms with E-state index in [1.165, 1.54) is 28.8 Å². The lowest BCUT2D eigenvalue weighted by Gasteiger charge is -2.37. The van der Waals surface area contributed by atoms with Crippen LogP contribution in [0.25, 0.3) is 0 Å². The Hall–Kier alpha value is -2.83. The van der Waals surface area contributed by atoms with Gasteiger partial charge in [0.05, 0.1) is 22.8 Å². The summed E-state index contributed by atoms with van der Waals surface area (Å²) in [5.41, 5.74) is 6.38. The summed E-state index contributed by atoms with van der Waals surface area (Å²) in [4.78, 5) is 59.7. The van der Waals surface area contributed by atoms with E-state index < -0.39 is 23.9 Å². The number of nitrogens with zero attached hydrogens (tertiary/aromatic N) is 3. The smallest absolute Gasteiger partial charge is 0.313 e. The molecule has 1 aromatic rings. The molecule has 1 saturated carbocycles. The van der Waals surface area contributed by atoms with Crippen LogP contribution in [0.3, 0.4) is 0 Å². The predicted molar refractivity (Wildman–Crippen MR) is 149 cm³/mol. The molecule has 38 heavy (non-hydrogen) atoms. The number of piperidine rings is 1. The third-order valence-electron chi connectivity index (χ3n) is 7.20. The molecule has 5 atom stereocenters. The van der Waals surface area contributed by atoms with Crippen molar-refractivity contribution < 1.29 is 19.2 Å². The van der Waals surface area contributed by atoms with E-state index >= 15 is 0 Å². The molecule has 3 aliphatic rings. The highest BCUT2D eigenvalue weighted by molar-refractivity contribution is 8.16. The summed E-state index contributed by atoms with van der Waals surface area (Å²) < 4.78 is 0. The average Bonchev–Trinajstić information content (AvgIpc) is 3.30. The number of nitrogens with one attached hydrogen (secondary N) is 3. The summed E-state index contributed by atoms with van der Waals surface area (Å²) >= 11 is 7.40. The van der Waals surface area contributed by atoms with Crippen LogP contribution in [0.2, 0.25) is 5.02 Å². The van der Waals surface area contributed by atoms with Gasteiger partial charge in [-0.2, -0.15) is 0 Å². The molecule has 1 aromatic carbocycles. The molecular weight excluding hydrogens is 530 g/mol. The first-order valence-corrected chi connectivity index (χ1v) is 13.9. The van der Waals surface area contributed by atoms with Gasteiger partial charge < -0.3 is 31.5 Å². The molecule has 1 aliphatic carbocycles. The van der Waals surface area contributed by atoms with Crippen LogP contribution in [0.15, 0.2) is 23.2 Å². The fourth-order valence-corrected chi connectivity index (χ4v) is 6.57. The highest BCUT2D eigenvalue weighted by Crippen LogP contribution is 2.33. The van der Waals surface area contributed by atoms with Crippen LogP contribution < -0.4 is 21.7 Å². The number of hydrogen-bond donors (Lipinski definition) is 4. The lowest BCUT2D eigenvalue weighted by molar-refractivity contribution is -0.138. The summed E-state index contributed by atoms with van der Waals surface area (Å²) in [5, 5.41) is 9.28. The molecule has 206 valence electrons. The SMILES string of the molecule is CN1CCC2N=C(C(=O)N[C@@H]3C[C@@H](C(=O)N(C)C)CC[C@@H]3NC(=O)C(=O)Nc3ccc(Cl)c(N)c3)SC2C1. The first kappa shape index (κ1) is 28.2. The molecule has 2 heterocycles. The minimum absolute atomic E-state index is 0.0336. The third kappa shape index (κ3) is 6.59. The molecule has 0 radical (unpaired) electrons. The molecule has 2 fully saturated rings. The van der Waals surface area contributed by atoms with Gasteiger partial charge in [-0.1, -0.05) is 23.4 Å². The van der Waals surface area contributed by atoms with Crippen molar-refractivity contribution >= 4 is 63.4 Å². The number of hydrogen-bond acceptors (Lipinski definition) is 8. The minimum Gasteiger partial charge on any atom is -0.397 e. The van der Waals surface area contributed by atoms with E-state index in [9.17, 15) is 19.2 Å². The standard InChI is InChI=1S/C25H34ClN7O4S/c1-32(2)25(37)13-4-7-17(29-22(35)21(34)28-14-5-6-15(26)16(27)11-14)19(10-13)30-23(36)24-31-18-8-9-33(3)12-20(18)38-24/h5-6,11,13,17-20H,4,7-10,12,27H2,1-3H3,(H,28,34)(H,29,35)(H,30,36)/t13-,17-,18?,19+,20?/m0/s1. The van der Waals surface area contributed by atoms with Crippen molar-refractivity contribution in [3.8, 4) is 0 Å². The molecule has 0 spiro atoms. The second-order valence-corrected chi connectivity index (χ2v) is 11.9. The van der Waals surface area contributed by atoms with Gasteiger partial charge in [0.25, 0.3) is 5.91 Å². The lowest BCUT2D eigenvalue weighted by Crippen LogP contribution is -2.57. The minimum atomic E-state index is -0.868. The van der Waals surface area contributed by atoms with Crippen molar-refractivity contribution in [1.29, 1.82) is 0 Å². The van der Waals surface area contributed by atoms with E-state index in [1.54, 1.807) is 20.2 Å². The van der Waals surface area contributed by atoms with Crippen molar-refractivity contribution in [1.82, 2.24) is 20.4 Å². The summed E-state index contributed by atoms with van der Waals surface area (Å²) in [6, 6.07) is 3.58. The van der Waals surface area contributed by atoms with Gasteiger partial charge in [-0.05, 0) is 57.5 Å². The van der Waals surface area contributed by atoms with E-state index in [1.807, 2.05) is 0 Å². The fraction of sp³-hybridized carbons (Fsp3) is 0.560. The number of carbonyl (C=O) groups is 4. The van der Waals surface area contributed by atoms with Crippen LogP contribution in [0.4, 0.5) is 11.4 Å². The number of aliphatic imine (C=N–C) groups is 1. The molecule has 1 saturated heterocycles. The number of fused-ring (bicyclic) bond motifs is 1. The molecule has 5 N–H and O–H groups in total. The normalized spacial score (nSPS) is 27.1. The second kappa shape index (κ2) is 11.9. The summed E-state index contributed by atoms with van der Waals surface area (Å²) in [6.45, 7) is 1.81. The van der Waals surface area contributed by atoms with Crippen molar-refractivity contribution in [2.24, 2.45) is 10.9 Å². The Kier molecular flexibility index (Phi) is 8.84. The quantitative estimate of drug-likeness (QED) is 0.307. The van der Waals surface area contributed by atoms with E-state index in [2.05, 4.69) is 32.9 Å². The van der Waals surface area contributed by atoms with Gasteiger partial charge in [-0.3, -0.25) is 24.2 Å². The number of thioether (sulfide) groups is 1. The van der Waals surface area contributed by atoms with E-state index in [-0.39, 0.29) is 34.7 Å². The van der Waals surface area contributed by atoms with Crippen molar-refractivity contribution in [3.05, 3.63) is 23.2 Å². The molecule has 2 unspecified atom stereocenters. The Morgan fingerprint density at radius 1 is 1.11 bits per heavy atom. The van der Waals surface area contributed by atoms with E-state index in [0.29, 0.717) is 35.0 Å². The van der Waals surface area contributed by atoms with Crippen LogP contribution in [-0.4, -0.2) is 96.1 Å². The van der Waals surface area contributed by atoms with Crippen molar-refractivity contribution in [3.63, 3.8) is 0 Å². The number of carbonyl (C=O) groups excluding carboxylic acids is 4. The molecule has 4 amide bonds. The number of rotatable bonds is 5. The molecule has 11 nitrogen and oxygen atoms in total. The molecule has 0 bridgehead atoms. The zero-order valence-corrected chi connectivity index (χ0v) is 23.3. The van der Waals surface area contributed by atoms with Crippen LogP contribution in [0, 0.1) is 5.92 Å². The van der Waals surface area contributed by atoms with Crippen LogP contribution in [0.5, 0.6) is 0 Å². The maximum atomic E-state index is 13.2. The zero-order valence-electron chi connectivity index (χ0n) is 21.7. The number of nitrogens with two attached hydrogens (primary N) is 1. The number of likely N-dealkylation sites (tertiary alicyclic amines) is 1. The van der Waals surface area contributed by atoms with Gasteiger partial charge in [0.1, 0.15) is 0 Å². The molecule has 2 aliphatic heterocycles. The summed E-state index contributed by atoms with van der Waals surface area (Å²) in [7, 11) is 5.45. The van der Waals surface area contributed by atoms with Gasteiger partial charge >= 0.3 is 11.8 Å². The topological polar surface area (TPSA) is 149 Å². The number of anilines is 2. The first-order valence-electron chi connectivity index (χ1n) is 12.6. The van der Waals surface area contributed by atoms with Gasteiger partial charge in [0.15, 0.2) is 5.04 Å². The fourth-order valence-electron chi connectivity index (χ4n) is 5.12. The zero-order chi connectivity index (χ0) is 27.6. The largest absolute Gasteiger partial charge is 0.397 e. The van der Waals surface area contributed by atoms with Crippen molar-refractivity contribution in [2.45, 2.75) is 49.1 Å². The third-order valence-corrected chi connectivity index (χ3v) is 8.83. The van der Waals surface area contributed by atoms with Gasteiger partial charge in [-0.25, -0.2) is 0 Å². The number of amides is 4. The van der Waals surface area contributed by atoms with Crippen molar-refractivity contribution in [2.75, 3.05) is 45.3 Å². The van der Waals surface area contributed by atoms with Gasteiger partial charge in [-0.15, -0.1) is 0 Å². The monoisotopic (exact) mass is 563 g/mol. The second-order valence-electron chi connectivity index (χ2n) is 10.3. The Balaban J connectivity index is 1.43. The van der Waals surface area contributed by atoms with Crippen LogP contribution in [0.1, 0.15) is 25.7 Å². The Bertz CT molecular complexity index is 1150. The molecule has 4 rings (SSSR count). The highest BCUT2D eigenvalue weighted by atomic mass is 35.5. The maximum absolute atomic E-state index is 13.2. The van der Waals surface area contributed by atoms with Gasteiger partial charge in [0.2, 0.25) is 5.91 Å². The van der Waals surface area contributed by atoms with Gasteiger partial charge in [0, 0.05) is 43.5 Å². The summed E-state index contributed by atoms with van der Waals surface area (Å²) in [6.07, 6.45) is 2.20.